The third kappa shape index (κ3) is 9.05. The molecule has 15 heavy (non-hydrogen) atoms. The topological polar surface area (TPSA) is 70.2 Å². The molecule has 0 unspecified atom stereocenters. The Morgan fingerprint density at radius 2 is 1.73 bits per heavy atom. The fourth-order valence-electron chi connectivity index (χ4n) is 0.830. The first-order chi connectivity index (χ1) is 6.85. The third-order valence-corrected chi connectivity index (χ3v) is 1.68. The maximum absolute atomic E-state index is 11.3. The minimum Gasteiger partial charge on any atom is -0.356 e. The molecule has 0 rings (SSSR count). The molecule has 0 aliphatic rings. The Kier molecular flexibility index (Phi) is 5.74. The Morgan fingerprint density at radius 3 is 2.20 bits per heavy atom. The van der Waals surface area contributed by atoms with E-state index in [1.165, 1.54) is 7.05 Å². The van der Waals surface area contributed by atoms with Crippen molar-refractivity contribution in [1.29, 1.82) is 0 Å². The van der Waals surface area contributed by atoms with Gasteiger partial charge in [-0.25, -0.2) is 4.79 Å². The lowest BCUT2D eigenvalue weighted by Gasteiger charge is -2.18. The molecule has 88 valence electrons. The zero-order valence-electron chi connectivity index (χ0n) is 9.94. The molecular weight excluding hydrogens is 194 g/mol. The van der Waals surface area contributed by atoms with Crippen molar-refractivity contribution in [3.05, 3.63) is 0 Å². The molecule has 3 amide bonds. The second-order valence-electron chi connectivity index (χ2n) is 4.59. The van der Waals surface area contributed by atoms with Crippen molar-refractivity contribution < 1.29 is 9.59 Å². The summed E-state index contributed by atoms with van der Waals surface area (Å²) < 4.78 is 0. The van der Waals surface area contributed by atoms with Crippen molar-refractivity contribution in [2.24, 2.45) is 5.41 Å². The highest BCUT2D eigenvalue weighted by Crippen LogP contribution is 2.09. The SMILES string of the molecule is CNC(=O)NCCC(=O)NCC(C)(C)C. The van der Waals surface area contributed by atoms with Gasteiger partial charge in [0.1, 0.15) is 0 Å². The molecule has 0 aromatic heterocycles. The van der Waals surface area contributed by atoms with Crippen LogP contribution >= 0.6 is 0 Å². The first-order valence-electron chi connectivity index (χ1n) is 5.07. The number of amides is 3. The van der Waals surface area contributed by atoms with E-state index in [0.29, 0.717) is 19.5 Å². The molecule has 0 aliphatic carbocycles. The van der Waals surface area contributed by atoms with Crippen LogP contribution in [0, 0.1) is 5.41 Å². The second-order valence-corrected chi connectivity index (χ2v) is 4.59. The molecule has 0 heterocycles. The first kappa shape index (κ1) is 13.7. The van der Waals surface area contributed by atoms with Crippen LogP contribution in [0.25, 0.3) is 0 Å². The Balaban J connectivity index is 3.54. The van der Waals surface area contributed by atoms with E-state index < -0.39 is 0 Å². The molecule has 5 heteroatoms. The van der Waals surface area contributed by atoms with Crippen molar-refractivity contribution in [3.63, 3.8) is 0 Å². The molecular formula is C10H21N3O2. The van der Waals surface area contributed by atoms with Gasteiger partial charge in [-0.3, -0.25) is 4.79 Å². The standard InChI is InChI=1S/C10H21N3O2/c1-10(2,3)7-13-8(14)5-6-12-9(15)11-4/h5-7H2,1-4H3,(H,13,14)(H2,11,12,15). The van der Waals surface area contributed by atoms with Crippen LogP contribution in [-0.2, 0) is 4.79 Å². The number of carbonyl (C=O) groups excluding carboxylic acids is 2. The summed E-state index contributed by atoms with van der Waals surface area (Å²) in [7, 11) is 1.54. The van der Waals surface area contributed by atoms with Crippen molar-refractivity contribution in [3.8, 4) is 0 Å². The van der Waals surface area contributed by atoms with Gasteiger partial charge in [-0.15, -0.1) is 0 Å². The monoisotopic (exact) mass is 215 g/mol. The number of rotatable bonds is 4. The van der Waals surface area contributed by atoms with Gasteiger partial charge in [0, 0.05) is 26.6 Å². The highest BCUT2D eigenvalue weighted by Gasteiger charge is 2.11. The molecule has 0 bridgehead atoms. The van der Waals surface area contributed by atoms with Crippen LogP contribution in [0.1, 0.15) is 27.2 Å². The smallest absolute Gasteiger partial charge is 0.314 e. The fourth-order valence-corrected chi connectivity index (χ4v) is 0.830. The van der Waals surface area contributed by atoms with Gasteiger partial charge in [0.25, 0.3) is 0 Å². The average Bonchev–Trinajstić information content (AvgIpc) is 2.13. The molecule has 0 aromatic carbocycles. The fraction of sp³-hybridized carbons (Fsp3) is 0.800. The highest BCUT2D eigenvalue weighted by molar-refractivity contribution is 5.78. The summed E-state index contributed by atoms with van der Waals surface area (Å²) in [4.78, 5) is 22.0. The summed E-state index contributed by atoms with van der Waals surface area (Å²) >= 11 is 0. The molecule has 0 aliphatic heterocycles. The van der Waals surface area contributed by atoms with Crippen molar-refractivity contribution >= 4 is 11.9 Å². The Bertz CT molecular complexity index is 221. The molecule has 0 spiro atoms. The summed E-state index contributed by atoms with van der Waals surface area (Å²) in [6.45, 7) is 7.16. The molecule has 0 radical (unpaired) electrons. The molecule has 0 saturated heterocycles. The van der Waals surface area contributed by atoms with E-state index in [2.05, 4.69) is 36.7 Å². The molecule has 5 nitrogen and oxygen atoms in total. The summed E-state index contributed by atoms with van der Waals surface area (Å²) in [6.07, 6.45) is 0.309. The predicted octanol–water partition coefficient (Wildman–Crippen LogP) is 0.468. The number of carbonyl (C=O) groups is 2. The van der Waals surface area contributed by atoms with Gasteiger partial charge in [-0.1, -0.05) is 20.8 Å². The van der Waals surface area contributed by atoms with Gasteiger partial charge in [0.05, 0.1) is 0 Å². The molecule has 0 saturated carbocycles. The Labute approximate surface area is 91.0 Å². The van der Waals surface area contributed by atoms with Crippen molar-refractivity contribution in [2.75, 3.05) is 20.1 Å². The van der Waals surface area contributed by atoms with Gasteiger partial charge < -0.3 is 16.0 Å². The lowest BCUT2D eigenvalue weighted by Crippen LogP contribution is -2.37. The van der Waals surface area contributed by atoms with Crippen LogP contribution < -0.4 is 16.0 Å². The molecule has 0 atom stereocenters. The van der Waals surface area contributed by atoms with E-state index in [4.69, 9.17) is 0 Å². The van der Waals surface area contributed by atoms with Gasteiger partial charge in [-0.05, 0) is 5.41 Å². The Hall–Kier alpha value is -1.26. The lowest BCUT2D eigenvalue weighted by atomic mass is 9.97. The predicted molar refractivity (Wildman–Crippen MR) is 59.5 cm³/mol. The number of nitrogens with one attached hydrogen (secondary N) is 3. The van der Waals surface area contributed by atoms with Crippen LogP contribution in [-0.4, -0.2) is 32.1 Å². The molecule has 3 N–H and O–H groups in total. The largest absolute Gasteiger partial charge is 0.356 e. The normalized spacial score (nSPS) is 10.7. The van der Waals surface area contributed by atoms with E-state index in [9.17, 15) is 9.59 Å². The van der Waals surface area contributed by atoms with Crippen LogP contribution in [0.4, 0.5) is 4.79 Å². The summed E-state index contributed by atoms with van der Waals surface area (Å²) in [5.74, 6) is -0.0404. The minimum atomic E-state index is -0.265. The molecule has 0 fully saturated rings. The number of urea groups is 1. The van der Waals surface area contributed by atoms with Gasteiger partial charge in [-0.2, -0.15) is 0 Å². The van der Waals surface area contributed by atoms with Crippen LogP contribution in [0.3, 0.4) is 0 Å². The van der Waals surface area contributed by atoms with Gasteiger partial charge in [0.15, 0.2) is 0 Å². The maximum Gasteiger partial charge on any atom is 0.314 e. The van der Waals surface area contributed by atoms with Gasteiger partial charge >= 0.3 is 6.03 Å². The van der Waals surface area contributed by atoms with Crippen molar-refractivity contribution in [1.82, 2.24) is 16.0 Å². The quantitative estimate of drug-likeness (QED) is 0.638. The zero-order valence-corrected chi connectivity index (χ0v) is 9.94. The highest BCUT2D eigenvalue weighted by atomic mass is 16.2. The van der Waals surface area contributed by atoms with Crippen LogP contribution in [0.2, 0.25) is 0 Å². The number of hydrogen-bond donors (Lipinski definition) is 3. The Morgan fingerprint density at radius 1 is 1.13 bits per heavy atom. The van der Waals surface area contributed by atoms with E-state index in [1.807, 2.05) is 0 Å². The van der Waals surface area contributed by atoms with E-state index in [1.54, 1.807) is 0 Å². The van der Waals surface area contributed by atoms with E-state index >= 15 is 0 Å². The van der Waals surface area contributed by atoms with E-state index in [0.717, 1.165) is 0 Å². The number of hydrogen-bond acceptors (Lipinski definition) is 2. The van der Waals surface area contributed by atoms with E-state index in [-0.39, 0.29) is 17.4 Å². The van der Waals surface area contributed by atoms with Crippen molar-refractivity contribution in [2.45, 2.75) is 27.2 Å². The molecule has 0 aromatic rings. The van der Waals surface area contributed by atoms with Crippen LogP contribution in [0.15, 0.2) is 0 Å². The average molecular weight is 215 g/mol. The maximum atomic E-state index is 11.3. The summed E-state index contributed by atoms with van der Waals surface area (Å²) in [6, 6.07) is -0.265. The first-order valence-corrected chi connectivity index (χ1v) is 5.07. The minimum absolute atomic E-state index is 0.0404. The lowest BCUT2D eigenvalue weighted by molar-refractivity contribution is -0.121. The third-order valence-electron chi connectivity index (χ3n) is 1.68. The zero-order chi connectivity index (χ0) is 11.9. The second kappa shape index (κ2) is 6.27. The van der Waals surface area contributed by atoms with Gasteiger partial charge in [0.2, 0.25) is 5.91 Å². The summed E-state index contributed by atoms with van der Waals surface area (Å²) in [5, 5.41) is 7.77. The van der Waals surface area contributed by atoms with Crippen LogP contribution in [0.5, 0.6) is 0 Å². The summed E-state index contributed by atoms with van der Waals surface area (Å²) in [5.41, 5.74) is 0.0872.